The van der Waals surface area contributed by atoms with E-state index in [1.54, 1.807) is 11.3 Å². The number of carbonyl (C=O) groups excluding carboxylic acids is 1. The molecule has 0 unspecified atom stereocenters. The van der Waals surface area contributed by atoms with Gasteiger partial charge in [0.05, 0.1) is 19.3 Å². The fourth-order valence-electron chi connectivity index (χ4n) is 3.33. The molecule has 8 heteroatoms. The van der Waals surface area contributed by atoms with E-state index in [1.165, 1.54) is 0 Å². The lowest BCUT2D eigenvalue weighted by molar-refractivity contribution is -0.122. The summed E-state index contributed by atoms with van der Waals surface area (Å²) in [6.45, 7) is 8.70. The van der Waals surface area contributed by atoms with Crippen LogP contribution in [-0.4, -0.2) is 42.2 Å². The summed E-state index contributed by atoms with van der Waals surface area (Å²) in [6, 6.07) is 4.03. The Kier molecular flexibility index (Phi) is 6.85. The summed E-state index contributed by atoms with van der Waals surface area (Å²) >= 11 is 1.64. The first kappa shape index (κ1) is 20.5. The number of aryl methyl sites for hydroxylation is 1. The number of rotatable bonds is 7. The summed E-state index contributed by atoms with van der Waals surface area (Å²) in [5, 5.41) is 5.12. The smallest absolute Gasteiger partial charge is 0.255 e. The van der Waals surface area contributed by atoms with Crippen LogP contribution < -0.4 is 15.8 Å². The van der Waals surface area contributed by atoms with Gasteiger partial charge in [-0.05, 0) is 30.7 Å². The highest BCUT2D eigenvalue weighted by molar-refractivity contribution is 7.10. The van der Waals surface area contributed by atoms with Crippen molar-refractivity contribution in [2.45, 2.75) is 39.7 Å². The number of amides is 1. The molecule has 1 fully saturated rings. The Morgan fingerprint density at radius 3 is 2.75 bits per heavy atom. The van der Waals surface area contributed by atoms with E-state index in [0.717, 1.165) is 4.88 Å². The first-order valence-electron chi connectivity index (χ1n) is 9.71. The number of morpholine rings is 1. The largest absolute Gasteiger partial charge is 0.378 e. The molecule has 7 nitrogen and oxygen atoms in total. The van der Waals surface area contributed by atoms with E-state index in [2.05, 4.69) is 29.1 Å². The number of ether oxygens (including phenoxy) is 1. The quantitative estimate of drug-likeness (QED) is 0.740. The van der Waals surface area contributed by atoms with Crippen molar-refractivity contribution in [1.82, 2.24) is 15.3 Å². The van der Waals surface area contributed by atoms with Crippen molar-refractivity contribution < 1.29 is 9.53 Å². The third-order valence-electron chi connectivity index (χ3n) is 4.96. The molecule has 152 valence electrons. The molecule has 1 amide bonds. The number of aromatic nitrogens is 2. The predicted molar refractivity (Wildman–Crippen MR) is 111 cm³/mol. The summed E-state index contributed by atoms with van der Waals surface area (Å²) in [7, 11) is 0. The minimum atomic E-state index is -0.166. The van der Waals surface area contributed by atoms with Crippen molar-refractivity contribution in [3.8, 4) is 0 Å². The molecule has 28 heavy (non-hydrogen) atoms. The lowest BCUT2D eigenvalue weighted by Gasteiger charge is -2.27. The molecular formula is C20H28N4O3S. The highest BCUT2D eigenvalue weighted by Gasteiger charge is 2.20. The van der Waals surface area contributed by atoms with Crippen molar-refractivity contribution in [3.63, 3.8) is 0 Å². The molecule has 0 aliphatic carbocycles. The monoisotopic (exact) mass is 404 g/mol. The number of carbonyl (C=O) groups is 1. The summed E-state index contributed by atoms with van der Waals surface area (Å²) in [4.78, 5) is 35.6. The minimum absolute atomic E-state index is 0.00583. The van der Waals surface area contributed by atoms with Gasteiger partial charge in [0.25, 0.3) is 5.56 Å². The van der Waals surface area contributed by atoms with Crippen LogP contribution in [-0.2, 0) is 16.0 Å². The number of thiophene rings is 1. The molecule has 0 radical (unpaired) electrons. The third-order valence-corrected chi connectivity index (χ3v) is 5.91. The Hall–Kier alpha value is -2.19. The normalized spacial score (nSPS) is 15.6. The van der Waals surface area contributed by atoms with Gasteiger partial charge >= 0.3 is 0 Å². The highest BCUT2D eigenvalue weighted by atomic mass is 32.1. The summed E-state index contributed by atoms with van der Waals surface area (Å²) < 4.78 is 5.34. The maximum atomic E-state index is 12.5. The predicted octanol–water partition coefficient (Wildman–Crippen LogP) is 2.42. The van der Waals surface area contributed by atoms with E-state index in [1.807, 2.05) is 29.3 Å². The van der Waals surface area contributed by atoms with Crippen LogP contribution in [0.2, 0.25) is 0 Å². The van der Waals surface area contributed by atoms with E-state index in [0.29, 0.717) is 55.8 Å². The van der Waals surface area contributed by atoms with Crippen molar-refractivity contribution >= 4 is 23.2 Å². The van der Waals surface area contributed by atoms with E-state index < -0.39 is 0 Å². The van der Waals surface area contributed by atoms with Crippen LogP contribution in [0.1, 0.15) is 42.4 Å². The molecule has 0 saturated carbocycles. The number of hydrogen-bond acceptors (Lipinski definition) is 6. The van der Waals surface area contributed by atoms with Crippen LogP contribution >= 0.6 is 11.3 Å². The Morgan fingerprint density at radius 2 is 2.14 bits per heavy atom. The maximum absolute atomic E-state index is 12.5. The van der Waals surface area contributed by atoms with Crippen LogP contribution in [0, 0.1) is 12.8 Å². The number of hydrogen-bond donors (Lipinski definition) is 2. The van der Waals surface area contributed by atoms with Crippen molar-refractivity contribution in [2.24, 2.45) is 5.92 Å². The number of nitrogens with one attached hydrogen (secondary N) is 2. The van der Waals surface area contributed by atoms with E-state index >= 15 is 0 Å². The molecular weight excluding hydrogens is 376 g/mol. The summed E-state index contributed by atoms with van der Waals surface area (Å²) in [5.41, 5.74) is 1.08. The van der Waals surface area contributed by atoms with E-state index in [-0.39, 0.29) is 23.9 Å². The fraction of sp³-hybridized carbons (Fsp3) is 0.550. The average molecular weight is 405 g/mol. The zero-order valence-corrected chi connectivity index (χ0v) is 17.5. The van der Waals surface area contributed by atoms with Gasteiger partial charge < -0.3 is 15.0 Å². The summed E-state index contributed by atoms with van der Waals surface area (Å²) in [5.74, 6) is 0.821. The zero-order valence-electron chi connectivity index (χ0n) is 16.7. The van der Waals surface area contributed by atoms with Gasteiger partial charge in [-0.2, -0.15) is 0 Å². The van der Waals surface area contributed by atoms with Crippen molar-refractivity contribution in [3.05, 3.63) is 44.0 Å². The molecule has 2 N–H and O–H groups in total. The van der Waals surface area contributed by atoms with Crippen LogP contribution in [0.5, 0.6) is 0 Å². The first-order valence-corrected chi connectivity index (χ1v) is 10.6. The molecule has 1 saturated heterocycles. The number of anilines is 1. The van der Waals surface area contributed by atoms with Crippen LogP contribution in [0.25, 0.3) is 0 Å². The average Bonchev–Trinajstić information content (AvgIpc) is 3.20. The van der Waals surface area contributed by atoms with Crippen molar-refractivity contribution in [2.75, 3.05) is 31.2 Å². The Morgan fingerprint density at radius 1 is 1.39 bits per heavy atom. The molecule has 2 aromatic heterocycles. The van der Waals surface area contributed by atoms with Gasteiger partial charge in [-0.1, -0.05) is 19.9 Å². The Bertz CT molecular complexity index is 842. The molecule has 0 spiro atoms. The first-order chi connectivity index (χ1) is 13.5. The second-order valence-electron chi connectivity index (χ2n) is 7.36. The topological polar surface area (TPSA) is 87.3 Å². The summed E-state index contributed by atoms with van der Waals surface area (Å²) in [6.07, 6.45) is 0.635. The molecule has 1 aliphatic rings. The number of nitrogens with zero attached hydrogens (tertiary/aromatic N) is 2. The Balaban J connectivity index is 1.63. The standard InChI is InChI=1S/C20H28N4O3S/c1-13(2)18(16-5-4-12-28-16)22-17(25)7-6-15-14(3)21-20(23-19(15)26)24-8-10-27-11-9-24/h4-5,12-13,18H,6-11H2,1-3H3,(H,22,25)(H,21,23,26)/t18-/m1/s1. The number of aromatic amines is 1. The lowest BCUT2D eigenvalue weighted by Crippen LogP contribution is -2.38. The fourth-order valence-corrected chi connectivity index (χ4v) is 4.28. The lowest BCUT2D eigenvalue weighted by atomic mass is 10.0. The molecule has 2 aromatic rings. The van der Waals surface area contributed by atoms with Crippen LogP contribution in [0.3, 0.4) is 0 Å². The van der Waals surface area contributed by atoms with Gasteiger partial charge in [-0.25, -0.2) is 4.98 Å². The van der Waals surface area contributed by atoms with Gasteiger partial charge in [-0.3, -0.25) is 14.6 Å². The highest BCUT2D eigenvalue weighted by Crippen LogP contribution is 2.25. The zero-order chi connectivity index (χ0) is 20.1. The Labute approximate surface area is 169 Å². The second-order valence-corrected chi connectivity index (χ2v) is 8.34. The van der Waals surface area contributed by atoms with Gasteiger partial charge in [0.1, 0.15) is 0 Å². The van der Waals surface area contributed by atoms with E-state index in [9.17, 15) is 9.59 Å². The second kappa shape index (κ2) is 9.34. The third kappa shape index (κ3) is 4.99. The van der Waals surface area contributed by atoms with Crippen LogP contribution in [0.15, 0.2) is 22.3 Å². The van der Waals surface area contributed by atoms with Crippen LogP contribution in [0.4, 0.5) is 5.95 Å². The molecule has 3 heterocycles. The van der Waals surface area contributed by atoms with E-state index in [4.69, 9.17) is 4.74 Å². The van der Waals surface area contributed by atoms with Crippen molar-refractivity contribution in [1.29, 1.82) is 0 Å². The number of H-pyrrole nitrogens is 1. The van der Waals surface area contributed by atoms with Gasteiger partial charge in [0.2, 0.25) is 11.9 Å². The molecule has 1 atom stereocenters. The minimum Gasteiger partial charge on any atom is -0.378 e. The molecule has 3 rings (SSSR count). The SMILES string of the molecule is Cc1nc(N2CCOCC2)[nH]c(=O)c1CCC(=O)N[C@@H](c1cccs1)C(C)C. The molecule has 0 bridgehead atoms. The van der Waals surface area contributed by atoms with Gasteiger partial charge in [0, 0.05) is 35.6 Å². The molecule has 1 aliphatic heterocycles. The molecule has 0 aromatic carbocycles. The maximum Gasteiger partial charge on any atom is 0.255 e. The van der Waals surface area contributed by atoms with Gasteiger partial charge in [0.15, 0.2) is 0 Å². The van der Waals surface area contributed by atoms with Gasteiger partial charge in [-0.15, -0.1) is 11.3 Å².